The summed E-state index contributed by atoms with van der Waals surface area (Å²) in [6.45, 7) is 5.76. The van der Waals surface area contributed by atoms with Crippen LogP contribution in [0.15, 0.2) is 0 Å². The lowest BCUT2D eigenvalue weighted by Crippen LogP contribution is -2.45. The van der Waals surface area contributed by atoms with E-state index in [1.165, 1.54) is 12.8 Å². The van der Waals surface area contributed by atoms with Gasteiger partial charge in [-0.05, 0) is 45.7 Å². The Hall–Kier alpha value is -0.610. The van der Waals surface area contributed by atoms with Crippen LogP contribution in [0.25, 0.3) is 0 Å². The third-order valence-electron chi connectivity index (χ3n) is 3.10. The van der Waals surface area contributed by atoms with Crippen molar-refractivity contribution in [3.8, 4) is 0 Å². The molecule has 0 bridgehead atoms. The van der Waals surface area contributed by atoms with Crippen molar-refractivity contribution in [2.24, 2.45) is 5.73 Å². The Morgan fingerprint density at radius 1 is 1.60 bits per heavy atom. The van der Waals surface area contributed by atoms with Crippen molar-refractivity contribution in [1.29, 1.82) is 0 Å². The smallest absolute Gasteiger partial charge is 0.323 e. The standard InChI is InChI=1S/C11H22N2O2/c1-3-13(9-5-6-9)8-4-7-11(2,12)10(14)15/h9H,3-8,12H2,1-2H3,(H,14,15). The first kappa shape index (κ1) is 12.5. The van der Waals surface area contributed by atoms with E-state index in [0.29, 0.717) is 6.42 Å². The highest BCUT2D eigenvalue weighted by molar-refractivity contribution is 5.77. The molecule has 0 aromatic rings. The van der Waals surface area contributed by atoms with Crippen LogP contribution in [-0.2, 0) is 4.79 Å². The van der Waals surface area contributed by atoms with Gasteiger partial charge in [-0.25, -0.2) is 0 Å². The molecule has 0 aromatic heterocycles. The molecule has 0 radical (unpaired) electrons. The largest absolute Gasteiger partial charge is 0.480 e. The zero-order valence-electron chi connectivity index (χ0n) is 9.70. The Kier molecular flexibility index (Phi) is 4.11. The Morgan fingerprint density at radius 2 is 2.20 bits per heavy atom. The fourth-order valence-electron chi connectivity index (χ4n) is 1.79. The second kappa shape index (κ2) is 4.94. The zero-order chi connectivity index (χ0) is 11.5. The van der Waals surface area contributed by atoms with Gasteiger partial charge >= 0.3 is 5.97 Å². The number of hydrogen-bond acceptors (Lipinski definition) is 3. The summed E-state index contributed by atoms with van der Waals surface area (Å²) in [5.41, 5.74) is 4.59. The number of aliphatic carboxylic acids is 1. The van der Waals surface area contributed by atoms with Gasteiger partial charge in [0.1, 0.15) is 5.54 Å². The van der Waals surface area contributed by atoms with E-state index in [0.717, 1.165) is 25.6 Å². The Morgan fingerprint density at radius 3 is 2.60 bits per heavy atom. The quantitative estimate of drug-likeness (QED) is 0.665. The molecule has 1 aliphatic rings. The van der Waals surface area contributed by atoms with Crippen LogP contribution in [0.5, 0.6) is 0 Å². The molecule has 15 heavy (non-hydrogen) atoms. The minimum Gasteiger partial charge on any atom is -0.480 e. The van der Waals surface area contributed by atoms with E-state index in [1.54, 1.807) is 6.92 Å². The average molecular weight is 214 g/mol. The van der Waals surface area contributed by atoms with Crippen LogP contribution in [-0.4, -0.2) is 40.6 Å². The SMILES string of the molecule is CCN(CCCC(C)(N)C(=O)O)C1CC1. The summed E-state index contributed by atoms with van der Waals surface area (Å²) in [7, 11) is 0. The minimum absolute atomic E-state index is 0.547. The predicted octanol–water partition coefficient (Wildman–Crippen LogP) is 1.05. The summed E-state index contributed by atoms with van der Waals surface area (Å²) in [5, 5.41) is 8.85. The third-order valence-corrected chi connectivity index (χ3v) is 3.10. The van der Waals surface area contributed by atoms with Gasteiger partial charge in [-0.1, -0.05) is 6.92 Å². The molecule has 1 aliphatic carbocycles. The maximum Gasteiger partial charge on any atom is 0.323 e. The lowest BCUT2D eigenvalue weighted by molar-refractivity contribution is -0.142. The van der Waals surface area contributed by atoms with Crippen LogP contribution in [0.2, 0.25) is 0 Å². The Bertz CT molecular complexity index is 225. The second-order valence-corrected chi connectivity index (χ2v) is 4.69. The Balaban J connectivity index is 2.22. The molecule has 0 aromatic carbocycles. The molecular weight excluding hydrogens is 192 g/mol. The van der Waals surface area contributed by atoms with E-state index in [1.807, 2.05) is 0 Å². The number of carboxylic acid groups (broad SMARTS) is 1. The van der Waals surface area contributed by atoms with Crippen molar-refractivity contribution >= 4 is 5.97 Å². The van der Waals surface area contributed by atoms with Gasteiger partial charge in [-0.3, -0.25) is 4.79 Å². The van der Waals surface area contributed by atoms with Gasteiger partial charge in [0.25, 0.3) is 0 Å². The normalized spacial score (nSPS) is 20.3. The van der Waals surface area contributed by atoms with Crippen molar-refractivity contribution < 1.29 is 9.90 Å². The molecule has 0 aliphatic heterocycles. The summed E-state index contributed by atoms with van der Waals surface area (Å²) < 4.78 is 0. The van der Waals surface area contributed by atoms with Gasteiger partial charge < -0.3 is 15.7 Å². The number of rotatable bonds is 7. The molecule has 0 spiro atoms. The first-order chi connectivity index (χ1) is 6.97. The molecule has 4 nitrogen and oxygen atoms in total. The van der Waals surface area contributed by atoms with Gasteiger partial charge in [0.2, 0.25) is 0 Å². The fraction of sp³-hybridized carbons (Fsp3) is 0.909. The molecule has 1 fully saturated rings. The van der Waals surface area contributed by atoms with Gasteiger partial charge in [-0.15, -0.1) is 0 Å². The van der Waals surface area contributed by atoms with Crippen molar-refractivity contribution in [2.75, 3.05) is 13.1 Å². The number of nitrogens with two attached hydrogens (primary N) is 1. The summed E-state index contributed by atoms with van der Waals surface area (Å²) in [5.74, 6) is -0.906. The summed E-state index contributed by atoms with van der Waals surface area (Å²) >= 11 is 0. The number of hydrogen-bond donors (Lipinski definition) is 2. The van der Waals surface area contributed by atoms with Gasteiger partial charge in [0, 0.05) is 6.04 Å². The third kappa shape index (κ3) is 3.80. The van der Waals surface area contributed by atoms with Gasteiger partial charge in [-0.2, -0.15) is 0 Å². The highest BCUT2D eigenvalue weighted by Crippen LogP contribution is 2.26. The van der Waals surface area contributed by atoms with Gasteiger partial charge in [0.15, 0.2) is 0 Å². The summed E-state index contributed by atoms with van der Waals surface area (Å²) in [4.78, 5) is 13.2. The zero-order valence-corrected chi connectivity index (χ0v) is 9.70. The maximum atomic E-state index is 10.8. The van der Waals surface area contributed by atoms with Crippen LogP contribution >= 0.6 is 0 Å². The molecule has 1 rings (SSSR count). The molecule has 1 unspecified atom stereocenters. The molecule has 1 saturated carbocycles. The highest BCUT2D eigenvalue weighted by atomic mass is 16.4. The molecule has 88 valence electrons. The van der Waals surface area contributed by atoms with Crippen molar-refractivity contribution in [3.05, 3.63) is 0 Å². The molecule has 3 N–H and O–H groups in total. The van der Waals surface area contributed by atoms with Crippen molar-refractivity contribution in [2.45, 2.75) is 51.1 Å². The van der Waals surface area contributed by atoms with E-state index < -0.39 is 11.5 Å². The van der Waals surface area contributed by atoms with Crippen LogP contribution in [0.1, 0.15) is 39.5 Å². The second-order valence-electron chi connectivity index (χ2n) is 4.69. The number of nitrogens with zero attached hydrogens (tertiary/aromatic N) is 1. The topological polar surface area (TPSA) is 66.6 Å². The Labute approximate surface area is 91.4 Å². The number of carboxylic acids is 1. The maximum absolute atomic E-state index is 10.8. The minimum atomic E-state index is -1.07. The average Bonchev–Trinajstić information content (AvgIpc) is 2.95. The van der Waals surface area contributed by atoms with E-state index in [9.17, 15) is 4.79 Å². The van der Waals surface area contributed by atoms with Gasteiger partial charge in [0.05, 0.1) is 0 Å². The first-order valence-electron chi connectivity index (χ1n) is 5.73. The summed E-state index contributed by atoms with van der Waals surface area (Å²) in [6.07, 6.45) is 4.01. The van der Waals surface area contributed by atoms with Crippen LogP contribution < -0.4 is 5.73 Å². The molecular formula is C11H22N2O2. The van der Waals surface area contributed by atoms with E-state index in [4.69, 9.17) is 10.8 Å². The van der Waals surface area contributed by atoms with Crippen LogP contribution in [0, 0.1) is 0 Å². The summed E-state index contributed by atoms with van der Waals surface area (Å²) in [6, 6.07) is 0.754. The predicted molar refractivity (Wildman–Crippen MR) is 59.7 cm³/mol. The van der Waals surface area contributed by atoms with E-state index >= 15 is 0 Å². The number of carbonyl (C=O) groups is 1. The van der Waals surface area contributed by atoms with Crippen LogP contribution in [0.3, 0.4) is 0 Å². The van der Waals surface area contributed by atoms with E-state index in [2.05, 4.69) is 11.8 Å². The van der Waals surface area contributed by atoms with Crippen LogP contribution in [0.4, 0.5) is 0 Å². The molecule has 4 heteroatoms. The monoisotopic (exact) mass is 214 g/mol. The first-order valence-corrected chi connectivity index (χ1v) is 5.73. The highest BCUT2D eigenvalue weighted by Gasteiger charge is 2.30. The molecule has 0 amide bonds. The molecule has 0 heterocycles. The molecule has 1 atom stereocenters. The lowest BCUT2D eigenvalue weighted by atomic mass is 9.97. The van der Waals surface area contributed by atoms with E-state index in [-0.39, 0.29) is 0 Å². The van der Waals surface area contributed by atoms with Crippen molar-refractivity contribution in [1.82, 2.24) is 4.90 Å². The fourth-order valence-corrected chi connectivity index (χ4v) is 1.79. The molecule has 0 saturated heterocycles. The lowest BCUT2D eigenvalue weighted by Gasteiger charge is -2.23. The van der Waals surface area contributed by atoms with Crippen molar-refractivity contribution in [3.63, 3.8) is 0 Å².